The van der Waals surface area contributed by atoms with E-state index in [1.807, 2.05) is 15.6 Å². The molecule has 3 amide bonds. The summed E-state index contributed by atoms with van der Waals surface area (Å²) in [5.74, 6) is 0.328. The predicted octanol–water partition coefficient (Wildman–Crippen LogP) is 1.97. The van der Waals surface area contributed by atoms with E-state index in [1.54, 1.807) is 19.0 Å². The van der Waals surface area contributed by atoms with Gasteiger partial charge in [0.25, 0.3) is 0 Å². The maximum absolute atomic E-state index is 12.3. The number of nitrogens with one attached hydrogen (secondary N) is 1. The van der Waals surface area contributed by atoms with Gasteiger partial charge in [0.1, 0.15) is 0 Å². The highest BCUT2D eigenvalue weighted by atomic mass is 16.2. The highest BCUT2D eigenvalue weighted by Gasteiger charge is 2.23. The van der Waals surface area contributed by atoms with E-state index in [1.165, 1.54) is 6.42 Å². The standard InChI is InChI=1S/C18H29N5O2/c1-21(2)18(25)22-9-6-10-23-16(13-22)11-15(20-23)12-19-17(24)14-7-4-3-5-8-14/h11,14H,3-10,12-13H2,1-2H3,(H,19,24). The Labute approximate surface area is 149 Å². The molecule has 1 aromatic heterocycles. The number of amides is 3. The SMILES string of the molecule is CN(C)C(=O)N1CCCn2nc(CNC(=O)C3CCCCC3)cc2C1. The van der Waals surface area contributed by atoms with Gasteiger partial charge < -0.3 is 15.1 Å². The molecule has 3 rings (SSSR count). The molecule has 2 aliphatic rings. The Kier molecular flexibility index (Phi) is 5.60. The number of hydrogen-bond donors (Lipinski definition) is 1. The summed E-state index contributed by atoms with van der Waals surface area (Å²) >= 11 is 0. The number of urea groups is 1. The first kappa shape index (κ1) is 17.8. The van der Waals surface area contributed by atoms with Crippen LogP contribution in [0.5, 0.6) is 0 Å². The molecule has 0 aromatic carbocycles. The maximum atomic E-state index is 12.3. The van der Waals surface area contributed by atoms with Crippen molar-refractivity contribution in [3.8, 4) is 0 Å². The largest absolute Gasteiger partial charge is 0.350 e. The molecule has 25 heavy (non-hydrogen) atoms. The Bertz CT molecular complexity index is 619. The van der Waals surface area contributed by atoms with Crippen LogP contribution in [0.2, 0.25) is 0 Å². The maximum Gasteiger partial charge on any atom is 0.319 e. The van der Waals surface area contributed by atoms with Crippen LogP contribution in [0.15, 0.2) is 6.07 Å². The minimum Gasteiger partial charge on any atom is -0.350 e. The number of carbonyl (C=O) groups excluding carboxylic acids is 2. The van der Waals surface area contributed by atoms with Crippen LogP contribution in [0.25, 0.3) is 0 Å². The van der Waals surface area contributed by atoms with Gasteiger partial charge in [0, 0.05) is 33.1 Å². The van der Waals surface area contributed by atoms with Crippen molar-refractivity contribution < 1.29 is 9.59 Å². The first-order valence-corrected chi connectivity index (χ1v) is 9.34. The van der Waals surface area contributed by atoms with E-state index < -0.39 is 0 Å². The third kappa shape index (κ3) is 4.32. The van der Waals surface area contributed by atoms with Gasteiger partial charge in [0.15, 0.2) is 0 Å². The van der Waals surface area contributed by atoms with E-state index >= 15 is 0 Å². The summed E-state index contributed by atoms with van der Waals surface area (Å²) in [5.41, 5.74) is 1.91. The van der Waals surface area contributed by atoms with E-state index in [-0.39, 0.29) is 17.9 Å². The Hall–Kier alpha value is -2.05. The normalized spacial score (nSPS) is 18.4. The fraction of sp³-hybridized carbons (Fsp3) is 0.722. The molecule has 7 heteroatoms. The van der Waals surface area contributed by atoms with Gasteiger partial charge >= 0.3 is 6.03 Å². The minimum atomic E-state index is 0.0294. The smallest absolute Gasteiger partial charge is 0.319 e. The van der Waals surface area contributed by atoms with Crippen LogP contribution in [0.3, 0.4) is 0 Å². The molecule has 1 N–H and O–H groups in total. The molecule has 1 fully saturated rings. The number of aryl methyl sites for hydroxylation is 1. The summed E-state index contributed by atoms with van der Waals surface area (Å²) < 4.78 is 1.98. The zero-order chi connectivity index (χ0) is 17.8. The molecule has 0 radical (unpaired) electrons. The first-order chi connectivity index (χ1) is 12.0. The summed E-state index contributed by atoms with van der Waals surface area (Å²) in [4.78, 5) is 28.0. The molecule has 0 atom stereocenters. The highest BCUT2D eigenvalue weighted by Crippen LogP contribution is 2.23. The molecule has 7 nitrogen and oxygen atoms in total. The second-order valence-corrected chi connectivity index (χ2v) is 7.36. The Morgan fingerprint density at radius 2 is 1.96 bits per heavy atom. The molecular formula is C18H29N5O2. The number of carbonyl (C=O) groups is 2. The molecule has 0 unspecified atom stereocenters. The highest BCUT2D eigenvalue weighted by molar-refractivity contribution is 5.78. The van der Waals surface area contributed by atoms with Gasteiger partial charge in [-0.1, -0.05) is 19.3 Å². The van der Waals surface area contributed by atoms with Crippen molar-refractivity contribution in [3.63, 3.8) is 0 Å². The van der Waals surface area contributed by atoms with Gasteiger partial charge in [0.2, 0.25) is 5.91 Å². The van der Waals surface area contributed by atoms with Crippen LogP contribution in [0.4, 0.5) is 4.79 Å². The zero-order valence-electron chi connectivity index (χ0n) is 15.3. The third-order valence-corrected chi connectivity index (χ3v) is 5.14. The van der Waals surface area contributed by atoms with Gasteiger partial charge in [-0.05, 0) is 25.3 Å². The molecule has 0 spiro atoms. The zero-order valence-corrected chi connectivity index (χ0v) is 15.3. The lowest BCUT2D eigenvalue weighted by Gasteiger charge is -2.24. The van der Waals surface area contributed by atoms with Crippen molar-refractivity contribution in [1.29, 1.82) is 0 Å². The molecule has 0 bridgehead atoms. The van der Waals surface area contributed by atoms with Crippen molar-refractivity contribution in [2.75, 3.05) is 20.6 Å². The quantitative estimate of drug-likeness (QED) is 0.909. The van der Waals surface area contributed by atoms with Crippen LogP contribution in [-0.4, -0.2) is 52.2 Å². The fourth-order valence-electron chi connectivity index (χ4n) is 3.74. The lowest BCUT2D eigenvalue weighted by molar-refractivity contribution is -0.126. The molecule has 1 saturated carbocycles. The second kappa shape index (κ2) is 7.89. The van der Waals surface area contributed by atoms with E-state index in [0.717, 1.165) is 56.6 Å². The van der Waals surface area contributed by atoms with Gasteiger partial charge in [-0.2, -0.15) is 5.10 Å². The molecule has 1 aliphatic carbocycles. The summed E-state index contributed by atoms with van der Waals surface area (Å²) in [6.07, 6.45) is 6.47. The van der Waals surface area contributed by atoms with Gasteiger partial charge in [-0.15, -0.1) is 0 Å². The van der Waals surface area contributed by atoms with Gasteiger partial charge in [0.05, 0.1) is 24.5 Å². The van der Waals surface area contributed by atoms with Crippen LogP contribution >= 0.6 is 0 Å². The van der Waals surface area contributed by atoms with Crippen molar-refractivity contribution in [3.05, 3.63) is 17.5 Å². The fourth-order valence-corrected chi connectivity index (χ4v) is 3.74. The Morgan fingerprint density at radius 3 is 2.68 bits per heavy atom. The topological polar surface area (TPSA) is 70.5 Å². The molecule has 2 heterocycles. The van der Waals surface area contributed by atoms with Crippen molar-refractivity contribution in [1.82, 2.24) is 24.9 Å². The minimum absolute atomic E-state index is 0.0294. The molecule has 138 valence electrons. The van der Waals surface area contributed by atoms with Crippen molar-refractivity contribution >= 4 is 11.9 Å². The molecule has 1 aromatic rings. The van der Waals surface area contributed by atoms with Gasteiger partial charge in [-0.25, -0.2) is 4.79 Å². The summed E-state index contributed by atoms with van der Waals surface area (Å²) in [7, 11) is 3.55. The average molecular weight is 347 g/mol. The van der Waals surface area contributed by atoms with E-state index in [4.69, 9.17) is 0 Å². The Balaban J connectivity index is 1.59. The van der Waals surface area contributed by atoms with Crippen LogP contribution in [0.1, 0.15) is 49.9 Å². The van der Waals surface area contributed by atoms with Crippen LogP contribution in [0, 0.1) is 5.92 Å². The summed E-state index contributed by atoms with van der Waals surface area (Å²) in [6, 6.07) is 2.05. The van der Waals surface area contributed by atoms with Crippen LogP contribution < -0.4 is 5.32 Å². The number of nitrogens with zero attached hydrogens (tertiary/aromatic N) is 4. The van der Waals surface area contributed by atoms with Crippen LogP contribution in [-0.2, 0) is 24.4 Å². The monoisotopic (exact) mass is 347 g/mol. The third-order valence-electron chi connectivity index (χ3n) is 5.14. The van der Waals surface area contributed by atoms with E-state index in [0.29, 0.717) is 13.1 Å². The number of aromatic nitrogens is 2. The van der Waals surface area contributed by atoms with Gasteiger partial charge in [-0.3, -0.25) is 9.48 Å². The second-order valence-electron chi connectivity index (χ2n) is 7.36. The molecular weight excluding hydrogens is 318 g/mol. The molecule has 1 aliphatic heterocycles. The average Bonchev–Trinajstić information content (AvgIpc) is 2.90. The lowest BCUT2D eigenvalue weighted by Crippen LogP contribution is -2.38. The van der Waals surface area contributed by atoms with Crippen molar-refractivity contribution in [2.45, 2.75) is 58.2 Å². The number of rotatable bonds is 3. The predicted molar refractivity (Wildman–Crippen MR) is 94.8 cm³/mol. The molecule has 0 saturated heterocycles. The first-order valence-electron chi connectivity index (χ1n) is 9.34. The Morgan fingerprint density at radius 1 is 1.20 bits per heavy atom. The number of hydrogen-bond acceptors (Lipinski definition) is 3. The van der Waals surface area contributed by atoms with E-state index in [9.17, 15) is 9.59 Å². The summed E-state index contributed by atoms with van der Waals surface area (Å²) in [6.45, 7) is 2.59. The lowest BCUT2D eigenvalue weighted by atomic mass is 9.89. The van der Waals surface area contributed by atoms with E-state index in [2.05, 4.69) is 10.4 Å². The summed E-state index contributed by atoms with van der Waals surface area (Å²) in [5, 5.41) is 7.66. The number of fused-ring (bicyclic) bond motifs is 1. The van der Waals surface area contributed by atoms with Crippen molar-refractivity contribution in [2.24, 2.45) is 5.92 Å².